The molecule has 98 valence electrons. The number of hydrogen-bond donors (Lipinski definition) is 0. The molecular weight excluding hydrogens is 224 g/mol. The molecule has 3 rings (SSSR count). The van der Waals surface area contributed by atoms with E-state index in [1.54, 1.807) is 0 Å². The molecule has 0 aromatic rings. The number of rotatable bonds is 1. The highest BCUT2D eigenvalue weighted by Gasteiger charge is 2.81. The van der Waals surface area contributed by atoms with E-state index in [-0.39, 0.29) is 5.92 Å². The van der Waals surface area contributed by atoms with E-state index in [9.17, 15) is 8.78 Å². The van der Waals surface area contributed by atoms with E-state index in [0.29, 0.717) is 39.1 Å². The third kappa shape index (κ3) is 1.64. The van der Waals surface area contributed by atoms with Gasteiger partial charge in [-0.25, -0.2) is 8.78 Å². The predicted octanol–water partition coefficient (Wildman–Crippen LogP) is 2.68. The van der Waals surface area contributed by atoms with Crippen molar-refractivity contribution in [2.45, 2.75) is 50.0 Å². The summed E-state index contributed by atoms with van der Waals surface area (Å²) in [5, 5.41) is 0. The lowest BCUT2D eigenvalue weighted by molar-refractivity contribution is -0.0368. The van der Waals surface area contributed by atoms with E-state index in [0.717, 1.165) is 25.7 Å². The Hall–Kier alpha value is -0.220. The molecule has 0 aromatic carbocycles. The Balaban J connectivity index is 1.81. The fourth-order valence-electron chi connectivity index (χ4n) is 3.93. The van der Waals surface area contributed by atoms with Gasteiger partial charge in [0, 0.05) is 19.0 Å². The fraction of sp³-hybridized carbons (Fsp3) is 1.00. The van der Waals surface area contributed by atoms with Gasteiger partial charge in [0.05, 0.1) is 18.8 Å². The Kier molecular flexibility index (Phi) is 2.90. The largest absolute Gasteiger partial charge is 0.379 e. The summed E-state index contributed by atoms with van der Waals surface area (Å²) >= 11 is 0. The Morgan fingerprint density at radius 1 is 1.00 bits per heavy atom. The molecule has 0 N–H and O–H groups in total. The normalized spacial score (nSPS) is 42.4. The van der Waals surface area contributed by atoms with Crippen LogP contribution in [-0.4, -0.2) is 42.7 Å². The van der Waals surface area contributed by atoms with Crippen LogP contribution in [0.1, 0.15) is 38.5 Å². The van der Waals surface area contributed by atoms with Gasteiger partial charge in [0.15, 0.2) is 0 Å². The average Bonchev–Trinajstić information content (AvgIpc) is 2.74. The zero-order valence-corrected chi connectivity index (χ0v) is 10.3. The molecule has 3 fully saturated rings. The number of hydrogen-bond acceptors (Lipinski definition) is 2. The molecular formula is C13H21F2NO. The molecule has 2 saturated carbocycles. The van der Waals surface area contributed by atoms with Gasteiger partial charge in [-0.3, -0.25) is 4.90 Å². The minimum Gasteiger partial charge on any atom is -0.379 e. The average molecular weight is 245 g/mol. The van der Waals surface area contributed by atoms with Crippen LogP contribution < -0.4 is 0 Å². The summed E-state index contributed by atoms with van der Waals surface area (Å²) in [5.74, 6) is -2.83. The molecule has 0 amide bonds. The maximum absolute atomic E-state index is 14.2. The summed E-state index contributed by atoms with van der Waals surface area (Å²) in [6.07, 6.45) is 5.59. The molecule has 1 aliphatic heterocycles. The molecule has 2 nitrogen and oxygen atoms in total. The van der Waals surface area contributed by atoms with Crippen LogP contribution in [0.3, 0.4) is 0 Å². The van der Waals surface area contributed by atoms with Crippen molar-refractivity contribution >= 4 is 0 Å². The first-order chi connectivity index (χ1) is 8.19. The Morgan fingerprint density at radius 2 is 1.71 bits per heavy atom. The first kappa shape index (κ1) is 11.8. The SMILES string of the molecule is FC1(F)C2CCCCCCC21N1CCOCC1. The van der Waals surface area contributed by atoms with Crippen molar-refractivity contribution < 1.29 is 13.5 Å². The fourth-order valence-corrected chi connectivity index (χ4v) is 3.93. The summed E-state index contributed by atoms with van der Waals surface area (Å²) in [5.41, 5.74) is -0.794. The van der Waals surface area contributed by atoms with E-state index < -0.39 is 11.5 Å². The Morgan fingerprint density at radius 3 is 2.47 bits per heavy atom. The lowest BCUT2D eigenvalue weighted by atomic mass is 9.95. The zero-order valence-electron chi connectivity index (χ0n) is 10.3. The van der Waals surface area contributed by atoms with E-state index in [2.05, 4.69) is 0 Å². The van der Waals surface area contributed by atoms with E-state index >= 15 is 0 Å². The van der Waals surface area contributed by atoms with Crippen LogP contribution in [0.4, 0.5) is 8.78 Å². The van der Waals surface area contributed by atoms with Crippen LogP contribution in [-0.2, 0) is 4.74 Å². The standard InChI is InChI=1S/C13H21F2NO/c14-13(15)11-5-3-1-2-4-6-12(11,13)16-7-9-17-10-8-16/h11H,1-10H2. The van der Waals surface area contributed by atoms with Crippen molar-refractivity contribution in [1.29, 1.82) is 0 Å². The molecule has 17 heavy (non-hydrogen) atoms. The van der Waals surface area contributed by atoms with Gasteiger partial charge in [0.1, 0.15) is 0 Å². The van der Waals surface area contributed by atoms with Crippen LogP contribution in [0.5, 0.6) is 0 Å². The molecule has 3 aliphatic rings. The zero-order chi connectivity index (χ0) is 11.9. The van der Waals surface area contributed by atoms with E-state index in [4.69, 9.17) is 4.74 Å². The molecule has 0 aromatic heterocycles. The number of morpholine rings is 1. The number of fused-ring (bicyclic) bond motifs is 1. The molecule has 0 bridgehead atoms. The number of alkyl halides is 2. The van der Waals surface area contributed by atoms with Gasteiger partial charge in [0.25, 0.3) is 5.92 Å². The van der Waals surface area contributed by atoms with E-state index in [1.165, 1.54) is 0 Å². The topological polar surface area (TPSA) is 12.5 Å². The van der Waals surface area contributed by atoms with Crippen molar-refractivity contribution in [1.82, 2.24) is 4.90 Å². The highest BCUT2D eigenvalue weighted by Crippen LogP contribution is 2.67. The minimum absolute atomic E-state index is 0.381. The summed E-state index contributed by atoms with van der Waals surface area (Å²) < 4.78 is 33.7. The number of halogens is 2. The summed E-state index contributed by atoms with van der Waals surface area (Å²) in [4.78, 5) is 2.03. The van der Waals surface area contributed by atoms with Gasteiger partial charge in [-0.05, 0) is 12.8 Å². The van der Waals surface area contributed by atoms with Gasteiger partial charge >= 0.3 is 0 Å². The third-order valence-electron chi connectivity index (χ3n) is 4.88. The van der Waals surface area contributed by atoms with Crippen LogP contribution in [0.15, 0.2) is 0 Å². The van der Waals surface area contributed by atoms with Gasteiger partial charge in [-0.2, -0.15) is 0 Å². The van der Waals surface area contributed by atoms with Crippen LogP contribution in [0.25, 0.3) is 0 Å². The molecule has 0 radical (unpaired) electrons. The lowest BCUT2D eigenvalue weighted by Gasteiger charge is -2.36. The molecule has 2 aliphatic carbocycles. The maximum atomic E-state index is 14.2. The van der Waals surface area contributed by atoms with Gasteiger partial charge in [0.2, 0.25) is 0 Å². The smallest absolute Gasteiger partial charge is 0.271 e. The number of ether oxygens (including phenoxy) is 1. The Labute approximate surface area is 101 Å². The predicted molar refractivity (Wildman–Crippen MR) is 61.3 cm³/mol. The van der Waals surface area contributed by atoms with Crippen molar-refractivity contribution in [2.24, 2.45) is 5.92 Å². The molecule has 4 heteroatoms. The molecule has 2 atom stereocenters. The summed E-state index contributed by atoms with van der Waals surface area (Å²) in [6, 6.07) is 0. The van der Waals surface area contributed by atoms with Crippen LogP contribution in [0.2, 0.25) is 0 Å². The monoisotopic (exact) mass is 245 g/mol. The minimum atomic E-state index is -2.45. The number of nitrogens with zero attached hydrogens (tertiary/aromatic N) is 1. The molecule has 0 spiro atoms. The van der Waals surface area contributed by atoms with Crippen molar-refractivity contribution in [3.05, 3.63) is 0 Å². The second-order valence-electron chi connectivity index (χ2n) is 5.65. The lowest BCUT2D eigenvalue weighted by Crippen LogP contribution is -2.49. The molecule has 1 heterocycles. The van der Waals surface area contributed by atoms with Crippen molar-refractivity contribution in [3.8, 4) is 0 Å². The highest BCUT2D eigenvalue weighted by atomic mass is 19.3. The Bertz CT molecular complexity index is 291. The molecule has 1 saturated heterocycles. The first-order valence-corrected chi connectivity index (χ1v) is 6.90. The van der Waals surface area contributed by atoms with Gasteiger partial charge in [-0.15, -0.1) is 0 Å². The van der Waals surface area contributed by atoms with Gasteiger partial charge < -0.3 is 4.74 Å². The maximum Gasteiger partial charge on any atom is 0.271 e. The van der Waals surface area contributed by atoms with Crippen molar-refractivity contribution in [2.75, 3.05) is 26.3 Å². The van der Waals surface area contributed by atoms with Crippen LogP contribution in [0, 0.1) is 5.92 Å². The second kappa shape index (κ2) is 4.16. The van der Waals surface area contributed by atoms with Crippen LogP contribution >= 0.6 is 0 Å². The summed E-state index contributed by atoms with van der Waals surface area (Å²) in [7, 11) is 0. The van der Waals surface area contributed by atoms with E-state index in [1.807, 2.05) is 4.90 Å². The highest BCUT2D eigenvalue weighted by molar-refractivity contribution is 5.26. The molecule has 2 unspecified atom stereocenters. The van der Waals surface area contributed by atoms with Crippen molar-refractivity contribution in [3.63, 3.8) is 0 Å². The van der Waals surface area contributed by atoms with Gasteiger partial charge in [-0.1, -0.05) is 25.7 Å². The quantitative estimate of drug-likeness (QED) is 0.704. The third-order valence-corrected chi connectivity index (χ3v) is 4.88. The summed E-state index contributed by atoms with van der Waals surface area (Å²) in [6.45, 7) is 2.60. The second-order valence-corrected chi connectivity index (χ2v) is 5.65. The first-order valence-electron chi connectivity index (χ1n) is 6.90.